The Bertz CT molecular complexity index is 718. The van der Waals surface area contributed by atoms with Gasteiger partial charge in [0.15, 0.2) is 0 Å². The maximum absolute atomic E-state index is 11.8. The third-order valence-electron chi connectivity index (χ3n) is 3.64. The van der Waals surface area contributed by atoms with Gasteiger partial charge in [0.2, 0.25) is 10.0 Å². The van der Waals surface area contributed by atoms with E-state index in [-0.39, 0.29) is 17.0 Å². The molecule has 0 spiro atoms. The number of benzene rings is 1. The summed E-state index contributed by atoms with van der Waals surface area (Å²) in [5.41, 5.74) is 0.506. The first kappa shape index (κ1) is 16.2. The van der Waals surface area contributed by atoms with E-state index in [1.54, 1.807) is 17.9 Å². The number of nitrogens with zero attached hydrogens (tertiary/aromatic N) is 4. The SMILES string of the molecule is CCS(=O)(=O)N1CCN(c2ccc(C#N)cc2[N+](=O)[O-])CC1. The summed E-state index contributed by atoms with van der Waals surface area (Å²) in [6.07, 6.45) is 0. The first-order valence-corrected chi connectivity index (χ1v) is 8.41. The number of nitro benzene ring substituents is 1. The van der Waals surface area contributed by atoms with Crippen molar-refractivity contribution >= 4 is 21.4 Å². The fourth-order valence-electron chi connectivity index (χ4n) is 2.40. The van der Waals surface area contributed by atoms with Crippen molar-refractivity contribution in [3.8, 4) is 6.07 Å². The molecule has 2 rings (SSSR count). The number of hydrogen-bond acceptors (Lipinski definition) is 6. The minimum Gasteiger partial charge on any atom is -0.363 e. The molecule has 0 atom stereocenters. The lowest BCUT2D eigenvalue weighted by atomic mass is 10.1. The zero-order valence-corrected chi connectivity index (χ0v) is 12.9. The molecule has 0 aliphatic carbocycles. The van der Waals surface area contributed by atoms with Gasteiger partial charge in [-0.15, -0.1) is 0 Å². The van der Waals surface area contributed by atoms with E-state index in [0.717, 1.165) is 0 Å². The van der Waals surface area contributed by atoms with Gasteiger partial charge in [-0.3, -0.25) is 10.1 Å². The van der Waals surface area contributed by atoms with Crippen molar-refractivity contribution in [2.24, 2.45) is 0 Å². The smallest absolute Gasteiger partial charge is 0.293 e. The summed E-state index contributed by atoms with van der Waals surface area (Å²) in [5, 5.41) is 20.0. The molecule has 1 aliphatic rings. The van der Waals surface area contributed by atoms with Crippen LogP contribution in [0.15, 0.2) is 18.2 Å². The summed E-state index contributed by atoms with van der Waals surface area (Å²) in [6.45, 7) is 2.95. The number of anilines is 1. The van der Waals surface area contributed by atoms with Crippen molar-refractivity contribution < 1.29 is 13.3 Å². The third kappa shape index (κ3) is 3.18. The number of rotatable bonds is 4. The van der Waals surface area contributed by atoms with E-state index in [4.69, 9.17) is 5.26 Å². The average molecular weight is 324 g/mol. The second-order valence-electron chi connectivity index (χ2n) is 4.86. The molecule has 1 aliphatic heterocycles. The van der Waals surface area contributed by atoms with Gasteiger partial charge in [-0.1, -0.05) is 0 Å². The second kappa shape index (κ2) is 6.29. The highest BCUT2D eigenvalue weighted by atomic mass is 32.2. The van der Waals surface area contributed by atoms with Crippen LogP contribution in [0.1, 0.15) is 12.5 Å². The summed E-state index contributed by atoms with van der Waals surface area (Å²) in [6, 6.07) is 6.18. The summed E-state index contributed by atoms with van der Waals surface area (Å²) < 4.78 is 25.0. The summed E-state index contributed by atoms with van der Waals surface area (Å²) in [7, 11) is -3.23. The monoisotopic (exact) mass is 324 g/mol. The molecule has 8 nitrogen and oxygen atoms in total. The minimum atomic E-state index is -3.23. The van der Waals surface area contributed by atoms with Crippen LogP contribution in [0, 0.1) is 21.4 Å². The van der Waals surface area contributed by atoms with Crippen LogP contribution in [-0.4, -0.2) is 49.6 Å². The van der Waals surface area contributed by atoms with Gasteiger partial charge in [0.1, 0.15) is 5.69 Å². The first-order valence-electron chi connectivity index (χ1n) is 6.80. The van der Waals surface area contributed by atoms with Crippen molar-refractivity contribution in [2.45, 2.75) is 6.92 Å². The van der Waals surface area contributed by atoms with E-state index in [0.29, 0.717) is 31.9 Å². The lowest BCUT2D eigenvalue weighted by Gasteiger charge is -2.34. The molecule has 0 N–H and O–H groups in total. The van der Waals surface area contributed by atoms with Crippen LogP contribution in [0.25, 0.3) is 0 Å². The largest absolute Gasteiger partial charge is 0.363 e. The molecule has 1 aromatic rings. The Hall–Kier alpha value is -2.18. The number of piperazine rings is 1. The van der Waals surface area contributed by atoms with Gasteiger partial charge in [0, 0.05) is 32.2 Å². The molecule has 1 aromatic carbocycles. The van der Waals surface area contributed by atoms with E-state index in [9.17, 15) is 18.5 Å². The molecule has 22 heavy (non-hydrogen) atoms. The van der Waals surface area contributed by atoms with Crippen molar-refractivity contribution in [3.05, 3.63) is 33.9 Å². The van der Waals surface area contributed by atoms with Gasteiger partial charge in [-0.2, -0.15) is 9.57 Å². The molecular weight excluding hydrogens is 308 g/mol. The zero-order valence-electron chi connectivity index (χ0n) is 12.1. The Labute approximate surface area is 128 Å². The van der Waals surface area contributed by atoms with E-state index >= 15 is 0 Å². The van der Waals surface area contributed by atoms with Crippen LogP contribution in [0.2, 0.25) is 0 Å². The fraction of sp³-hybridized carbons (Fsp3) is 0.462. The molecule has 0 saturated carbocycles. The van der Waals surface area contributed by atoms with Gasteiger partial charge >= 0.3 is 0 Å². The van der Waals surface area contributed by atoms with Crippen LogP contribution < -0.4 is 4.90 Å². The van der Waals surface area contributed by atoms with Crippen LogP contribution in [0.3, 0.4) is 0 Å². The molecule has 0 aromatic heterocycles. The topological polar surface area (TPSA) is 108 Å². The van der Waals surface area contributed by atoms with Gasteiger partial charge < -0.3 is 4.90 Å². The van der Waals surface area contributed by atoms with E-state index in [1.807, 2.05) is 6.07 Å². The molecule has 9 heteroatoms. The molecule has 1 fully saturated rings. The molecular formula is C13H16N4O4S. The molecule has 0 bridgehead atoms. The number of hydrogen-bond donors (Lipinski definition) is 0. The van der Waals surface area contributed by atoms with Gasteiger partial charge in [0.25, 0.3) is 5.69 Å². The summed E-state index contributed by atoms with van der Waals surface area (Å²) in [5.74, 6) is 0.0456. The predicted octanol–water partition coefficient (Wildman–Crippen LogP) is 0.938. The van der Waals surface area contributed by atoms with Crippen LogP contribution in [0.4, 0.5) is 11.4 Å². The standard InChI is InChI=1S/C13H16N4O4S/c1-2-22(20,21)16-7-5-15(6-8-16)12-4-3-11(10-14)9-13(12)17(18)19/h3-4,9H,2,5-8H2,1H3. The van der Waals surface area contributed by atoms with E-state index in [2.05, 4.69) is 0 Å². The molecule has 1 heterocycles. The van der Waals surface area contributed by atoms with Crippen LogP contribution in [-0.2, 0) is 10.0 Å². The average Bonchev–Trinajstić information content (AvgIpc) is 2.54. The Morgan fingerprint density at radius 1 is 1.32 bits per heavy atom. The van der Waals surface area contributed by atoms with Gasteiger partial charge in [-0.05, 0) is 19.1 Å². The van der Waals surface area contributed by atoms with E-state index in [1.165, 1.54) is 16.4 Å². The molecule has 118 valence electrons. The van der Waals surface area contributed by atoms with Gasteiger partial charge in [-0.25, -0.2) is 8.42 Å². The lowest BCUT2D eigenvalue weighted by Crippen LogP contribution is -2.49. The van der Waals surface area contributed by atoms with Crippen molar-refractivity contribution in [1.29, 1.82) is 5.26 Å². The van der Waals surface area contributed by atoms with Crippen LogP contribution in [0.5, 0.6) is 0 Å². The Kier molecular flexibility index (Phi) is 4.63. The molecule has 0 amide bonds. The molecule has 1 saturated heterocycles. The lowest BCUT2D eigenvalue weighted by molar-refractivity contribution is -0.384. The van der Waals surface area contributed by atoms with Gasteiger partial charge in [0.05, 0.1) is 22.3 Å². The maximum atomic E-state index is 11.8. The summed E-state index contributed by atoms with van der Waals surface area (Å²) in [4.78, 5) is 12.4. The summed E-state index contributed by atoms with van der Waals surface area (Å²) >= 11 is 0. The fourth-order valence-corrected chi connectivity index (χ4v) is 3.48. The first-order chi connectivity index (χ1) is 10.4. The van der Waals surface area contributed by atoms with Crippen molar-refractivity contribution in [1.82, 2.24) is 4.31 Å². The number of sulfonamides is 1. The Balaban J connectivity index is 2.22. The van der Waals surface area contributed by atoms with Crippen molar-refractivity contribution in [2.75, 3.05) is 36.8 Å². The highest BCUT2D eigenvalue weighted by Gasteiger charge is 2.28. The molecule has 0 unspecified atom stereocenters. The number of nitro groups is 1. The highest BCUT2D eigenvalue weighted by molar-refractivity contribution is 7.89. The Morgan fingerprint density at radius 3 is 2.45 bits per heavy atom. The maximum Gasteiger partial charge on any atom is 0.293 e. The molecule has 0 radical (unpaired) electrons. The zero-order chi connectivity index (χ0) is 16.3. The second-order valence-corrected chi connectivity index (χ2v) is 7.12. The minimum absolute atomic E-state index is 0.0456. The number of nitriles is 1. The van der Waals surface area contributed by atoms with Crippen molar-refractivity contribution in [3.63, 3.8) is 0 Å². The van der Waals surface area contributed by atoms with Crippen LogP contribution >= 0.6 is 0 Å². The van der Waals surface area contributed by atoms with E-state index < -0.39 is 14.9 Å². The normalized spacial score (nSPS) is 16.3. The third-order valence-corrected chi connectivity index (χ3v) is 5.52. The highest BCUT2D eigenvalue weighted by Crippen LogP contribution is 2.30. The Morgan fingerprint density at radius 2 is 1.95 bits per heavy atom. The quantitative estimate of drug-likeness (QED) is 0.602. The predicted molar refractivity (Wildman–Crippen MR) is 81.1 cm³/mol.